The van der Waals surface area contributed by atoms with Gasteiger partial charge in [-0.3, -0.25) is 4.79 Å². The average Bonchev–Trinajstić information content (AvgIpc) is 3.06. The number of carbonyl (C=O) groups excluding carboxylic acids is 2. The predicted molar refractivity (Wildman–Crippen MR) is 99.6 cm³/mol. The first-order valence-corrected chi connectivity index (χ1v) is 9.73. The van der Waals surface area contributed by atoms with Crippen molar-refractivity contribution in [2.45, 2.75) is 56.7 Å². The minimum absolute atomic E-state index is 0.0297. The number of alkyl carbamates (subject to hydrolysis) is 1. The summed E-state index contributed by atoms with van der Waals surface area (Å²) in [5, 5.41) is 2.85. The Bertz CT molecular complexity index is 679. The van der Waals surface area contributed by atoms with Crippen LogP contribution in [0.2, 0.25) is 0 Å². The van der Waals surface area contributed by atoms with Crippen LogP contribution in [0.25, 0.3) is 0 Å². The fraction of sp³-hybridized carbons (Fsp3) is 0.600. The van der Waals surface area contributed by atoms with E-state index in [9.17, 15) is 18.4 Å². The van der Waals surface area contributed by atoms with E-state index in [4.69, 9.17) is 10.5 Å². The van der Waals surface area contributed by atoms with E-state index in [0.29, 0.717) is 25.7 Å². The smallest absolute Gasteiger partial charge is 0.407 e. The molecule has 0 aromatic heterocycles. The van der Waals surface area contributed by atoms with Crippen LogP contribution in [-0.2, 0) is 16.1 Å². The van der Waals surface area contributed by atoms with Crippen LogP contribution in [0.3, 0.4) is 0 Å². The van der Waals surface area contributed by atoms with Crippen molar-refractivity contribution in [3.05, 3.63) is 35.9 Å². The lowest BCUT2D eigenvalue weighted by molar-refractivity contribution is -0.134. The van der Waals surface area contributed by atoms with Gasteiger partial charge in [-0.05, 0) is 37.2 Å². The summed E-state index contributed by atoms with van der Waals surface area (Å²) in [6.07, 6.45) is 1.94. The number of halogens is 2. The molecule has 2 fully saturated rings. The molecular weight excluding hydrogens is 368 g/mol. The number of ether oxygens (including phenoxy) is 1. The first-order valence-electron chi connectivity index (χ1n) is 9.73. The maximum atomic E-state index is 13.3. The third-order valence-electron chi connectivity index (χ3n) is 5.58. The zero-order valence-electron chi connectivity index (χ0n) is 15.8. The first-order chi connectivity index (χ1) is 13.3. The number of likely N-dealkylation sites (tertiary alicyclic amines) is 1. The summed E-state index contributed by atoms with van der Waals surface area (Å²) in [6, 6.07) is 8.63. The van der Waals surface area contributed by atoms with Gasteiger partial charge in [-0.1, -0.05) is 30.3 Å². The maximum Gasteiger partial charge on any atom is 0.407 e. The van der Waals surface area contributed by atoms with Gasteiger partial charge in [0.2, 0.25) is 5.91 Å². The summed E-state index contributed by atoms with van der Waals surface area (Å²) in [5.41, 5.74) is 6.99. The van der Waals surface area contributed by atoms with Gasteiger partial charge in [0.25, 0.3) is 5.92 Å². The van der Waals surface area contributed by atoms with Gasteiger partial charge in [-0.15, -0.1) is 0 Å². The van der Waals surface area contributed by atoms with E-state index in [0.717, 1.165) is 5.56 Å². The Kier molecular flexibility index (Phi) is 6.49. The summed E-state index contributed by atoms with van der Waals surface area (Å²) < 4.78 is 31.9. The van der Waals surface area contributed by atoms with Crippen LogP contribution in [0.5, 0.6) is 0 Å². The largest absolute Gasteiger partial charge is 0.445 e. The zero-order chi connectivity index (χ0) is 20.1. The number of nitrogens with zero attached hydrogens (tertiary/aromatic N) is 1. The maximum absolute atomic E-state index is 13.3. The lowest BCUT2D eigenvalue weighted by Gasteiger charge is -2.33. The van der Waals surface area contributed by atoms with E-state index in [-0.39, 0.29) is 31.5 Å². The molecule has 1 saturated heterocycles. The average molecular weight is 395 g/mol. The third kappa shape index (κ3) is 5.41. The highest BCUT2D eigenvalue weighted by molar-refractivity contribution is 5.82. The topological polar surface area (TPSA) is 84.7 Å². The van der Waals surface area contributed by atoms with E-state index in [1.165, 1.54) is 4.90 Å². The van der Waals surface area contributed by atoms with Crippen LogP contribution in [-0.4, -0.2) is 48.0 Å². The van der Waals surface area contributed by atoms with Crippen molar-refractivity contribution in [2.75, 3.05) is 13.1 Å². The second kappa shape index (κ2) is 8.86. The molecule has 1 saturated carbocycles. The molecule has 2 aliphatic rings. The molecule has 1 aromatic rings. The zero-order valence-corrected chi connectivity index (χ0v) is 15.8. The number of amides is 2. The molecule has 0 bridgehead atoms. The highest BCUT2D eigenvalue weighted by atomic mass is 19.3. The van der Waals surface area contributed by atoms with Crippen LogP contribution in [0.15, 0.2) is 30.3 Å². The number of alkyl halides is 2. The molecular formula is C20H27F2N3O3. The standard InChI is InChI=1S/C20H27F2N3O3/c21-20(22)10-11-25(13-20)18(26)17(23)15-6-8-16(9-7-15)24-19(27)28-12-14-4-2-1-3-5-14/h1-5,15-17H,6-13,23H2,(H,24,27)/t15?,16?,17-/m0/s1. The molecule has 1 atom stereocenters. The first kappa shape index (κ1) is 20.5. The molecule has 1 aliphatic carbocycles. The summed E-state index contributed by atoms with van der Waals surface area (Å²) in [6.45, 7) is -0.269. The van der Waals surface area contributed by atoms with Crippen molar-refractivity contribution in [1.82, 2.24) is 10.2 Å². The number of nitrogens with one attached hydrogen (secondary N) is 1. The van der Waals surface area contributed by atoms with E-state index in [2.05, 4.69) is 5.32 Å². The van der Waals surface area contributed by atoms with Gasteiger partial charge in [-0.25, -0.2) is 13.6 Å². The molecule has 8 heteroatoms. The van der Waals surface area contributed by atoms with E-state index >= 15 is 0 Å². The highest BCUT2D eigenvalue weighted by Gasteiger charge is 2.42. The summed E-state index contributed by atoms with van der Waals surface area (Å²) in [5.74, 6) is -3.26. The van der Waals surface area contributed by atoms with Crippen LogP contribution in [0, 0.1) is 5.92 Å². The molecule has 3 N–H and O–H groups in total. The summed E-state index contributed by atoms with van der Waals surface area (Å²) >= 11 is 0. The molecule has 1 heterocycles. The molecule has 154 valence electrons. The quantitative estimate of drug-likeness (QED) is 0.803. The Hall–Kier alpha value is -2.22. The second-order valence-corrected chi connectivity index (χ2v) is 7.71. The van der Waals surface area contributed by atoms with Crippen molar-refractivity contribution in [3.63, 3.8) is 0 Å². The fourth-order valence-electron chi connectivity index (χ4n) is 3.89. The number of carbonyl (C=O) groups is 2. The van der Waals surface area contributed by atoms with E-state index < -0.39 is 30.5 Å². The molecule has 0 unspecified atom stereocenters. The van der Waals surface area contributed by atoms with E-state index in [1.807, 2.05) is 30.3 Å². The van der Waals surface area contributed by atoms with Gasteiger partial charge < -0.3 is 20.7 Å². The van der Waals surface area contributed by atoms with Crippen LogP contribution in [0.4, 0.5) is 13.6 Å². The Balaban J connectivity index is 1.39. The van der Waals surface area contributed by atoms with Crippen LogP contribution < -0.4 is 11.1 Å². The van der Waals surface area contributed by atoms with Gasteiger partial charge in [-0.2, -0.15) is 0 Å². The Morgan fingerprint density at radius 2 is 1.89 bits per heavy atom. The van der Waals surface area contributed by atoms with Crippen LogP contribution >= 0.6 is 0 Å². The van der Waals surface area contributed by atoms with Crippen molar-refractivity contribution in [2.24, 2.45) is 11.7 Å². The number of nitrogens with two attached hydrogens (primary N) is 1. The number of benzene rings is 1. The number of hydrogen-bond acceptors (Lipinski definition) is 4. The number of rotatable bonds is 5. The predicted octanol–water partition coefficient (Wildman–Crippen LogP) is 2.67. The fourth-order valence-corrected chi connectivity index (χ4v) is 3.89. The molecule has 3 rings (SSSR count). The molecule has 1 aliphatic heterocycles. The third-order valence-corrected chi connectivity index (χ3v) is 5.58. The minimum atomic E-state index is -2.81. The Labute approximate surface area is 163 Å². The summed E-state index contributed by atoms with van der Waals surface area (Å²) in [4.78, 5) is 25.5. The van der Waals surface area contributed by atoms with Crippen molar-refractivity contribution < 1.29 is 23.1 Å². The molecule has 0 spiro atoms. The Morgan fingerprint density at radius 3 is 2.50 bits per heavy atom. The van der Waals surface area contributed by atoms with Crippen molar-refractivity contribution in [1.29, 1.82) is 0 Å². The van der Waals surface area contributed by atoms with Crippen LogP contribution in [0.1, 0.15) is 37.7 Å². The molecule has 1 aromatic carbocycles. The Morgan fingerprint density at radius 1 is 1.21 bits per heavy atom. The van der Waals surface area contributed by atoms with Gasteiger partial charge in [0.1, 0.15) is 6.61 Å². The number of hydrogen-bond donors (Lipinski definition) is 2. The van der Waals surface area contributed by atoms with Gasteiger partial charge >= 0.3 is 6.09 Å². The second-order valence-electron chi connectivity index (χ2n) is 7.71. The SMILES string of the molecule is N[C@H](C(=O)N1CCC(F)(F)C1)C1CCC(NC(=O)OCc2ccccc2)CC1. The normalized spacial score (nSPS) is 25.2. The minimum Gasteiger partial charge on any atom is -0.445 e. The molecule has 28 heavy (non-hydrogen) atoms. The summed E-state index contributed by atoms with van der Waals surface area (Å²) in [7, 11) is 0. The molecule has 2 amide bonds. The lowest BCUT2D eigenvalue weighted by atomic mass is 9.81. The lowest BCUT2D eigenvalue weighted by Crippen LogP contribution is -2.49. The highest BCUT2D eigenvalue weighted by Crippen LogP contribution is 2.30. The van der Waals surface area contributed by atoms with Crippen molar-refractivity contribution >= 4 is 12.0 Å². The van der Waals surface area contributed by atoms with Gasteiger partial charge in [0.15, 0.2) is 0 Å². The molecule has 6 nitrogen and oxygen atoms in total. The molecule has 0 radical (unpaired) electrons. The van der Waals surface area contributed by atoms with Crippen molar-refractivity contribution in [3.8, 4) is 0 Å². The van der Waals surface area contributed by atoms with E-state index in [1.54, 1.807) is 0 Å². The van der Waals surface area contributed by atoms with Gasteiger partial charge in [0.05, 0.1) is 12.6 Å². The van der Waals surface area contributed by atoms with Gasteiger partial charge in [0, 0.05) is 19.0 Å². The monoisotopic (exact) mass is 395 g/mol.